The maximum Gasteiger partial charge on any atom is 0.234 e. The minimum absolute atomic E-state index is 0.0870. The van der Waals surface area contributed by atoms with Crippen molar-refractivity contribution in [1.82, 2.24) is 25.7 Å². The fourth-order valence-corrected chi connectivity index (χ4v) is 1.81. The first kappa shape index (κ1) is 17.2. The number of carbonyl (C=O) groups excluding carboxylic acids is 2. The van der Waals surface area contributed by atoms with E-state index in [4.69, 9.17) is 0 Å². The van der Waals surface area contributed by atoms with Gasteiger partial charge in [-0.2, -0.15) is 5.10 Å². The Balaban J connectivity index is 2.24. The summed E-state index contributed by atoms with van der Waals surface area (Å²) in [5.74, 6) is -0.185. The van der Waals surface area contributed by atoms with Crippen LogP contribution in [0, 0.1) is 6.92 Å². The number of hydrogen-bond donors (Lipinski definition) is 3. The van der Waals surface area contributed by atoms with Crippen molar-refractivity contribution in [2.45, 2.75) is 39.8 Å². The molecule has 21 heavy (non-hydrogen) atoms. The van der Waals surface area contributed by atoms with E-state index >= 15 is 0 Å². The smallest absolute Gasteiger partial charge is 0.234 e. The zero-order valence-electron chi connectivity index (χ0n) is 13.1. The van der Waals surface area contributed by atoms with Gasteiger partial charge in [-0.1, -0.05) is 0 Å². The van der Waals surface area contributed by atoms with Crippen LogP contribution < -0.4 is 16.0 Å². The lowest BCUT2D eigenvalue weighted by atomic mass is 10.2. The van der Waals surface area contributed by atoms with Gasteiger partial charge in [0.15, 0.2) is 0 Å². The fourth-order valence-electron chi connectivity index (χ4n) is 1.81. The molecule has 1 heterocycles. The minimum atomic E-state index is -0.0978. The molecule has 0 aliphatic carbocycles. The largest absolute Gasteiger partial charge is 0.355 e. The van der Waals surface area contributed by atoms with E-state index < -0.39 is 0 Å². The molecule has 0 saturated carbocycles. The number of nitrogens with one attached hydrogen (secondary N) is 3. The molecule has 2 atom stereocenters. The van der Waals surface area contributed by atoms with E-state index in [1.165, 1.54) is 6.92 Å². The molecule has 1 rings (SSSR count). The van der Waals surface area contributed by atoms with Crippen LogP contribution in [-0.4, -0.2) is 47.3 Å². The van der Waals surface area contributed by atoms with Gasteiger partial charge < -0.3 is 16.0 Å². The Kier molecular flexibility index (Phi) is 6.87. The third-order valence-corrected chi connectivity index (χ3v) is 3.28. The molecular formula is C14H25N5O2. The molecular weight excluding hydrogens is 270 g/mol. The lowest BCUT2D eigenvalue weighted by molar-refractivity contribution is -0.121. The van der Waals surface area contributed by atoms with Crippen molar-refractivity contribution in [2.24, 2.45) is 0 Å². The lowest BCUT2D eigenvalue weighted by Crippen LogP contribution is -2.43. The minimum Gasteiger partial charge on any atom is -0.355 e. The number of hydrogen-bond acceptors (Lipinski definition) is 4. The number of nitrogens with zero attached hydrogens (tertiary/aromatic N) is 2. The van der Waals surface area contributed by atoms with Gasteiger partial charge in [-0.05, 0) is 26.3 Å². The molecule has 0 bridgehead atoms. The third kappa shape index (κ3) is 6.40. The molecule has 0 spiro atoms. The molecule has 0 aromatic carbocycles. The van der Waals surface area contributed by atoms with Crippen molar-refractivity contribution >= 4 is 11.8 Å². The Labute approximate surface area is 125 Å². The van der Waals surface area contributed by atoms with Crippen LogP contribution in [0.2, 0.25) is 0 Å². The summed E-state index contributed by atoms with van der Waals surface area (Å²) in [5, 5.41) is 12.8. The highest BCUT2D eigenvalue weighted by atomic mass is 16.2. The van der Waals surface area contributed by atoms with E-state index in [1.54, 1.807) is 0 Å². The normalized spacial score (nSPS) is 13.5. The number of carbonyl (C=O) groups is 2. The van der Waals surface area contributed by atoms with Crippen molar-refractivity contribution in [2.75, 3.05) is 19.6 Å². The molecule has 7 heteroatoms. The summed E-state index contributed by atoms with van der Waals surface area (Å²) in [5.41, 5.74) is 1.12. The van der Waals surface area contributed by atoms with Crippen LogP contribution in [0.15, 0.2) is 12.4 Å². The van der Waals surface area contributed by atoms with Gasteiger partial charge in [0, 0.05) is 32.3 Å². The Morgan fingerprint density at radius 2 is 1.95 bits per heavy atom. The predicted octanol–water partition coefficient (Wildman–Crippen LogP) is -0.0171. The first-order valence-corrected chi connectivity index (χ1v) is 7.15. The topological polar surface area (TPSA) is 88.0 Å². The zero-order valence-corrected chi connectivity index (χ0v) is 13.1. The standard InChI is InChI=1S/C14H25N5O2/c1-10-7-18-19(9-10)12(3)11(2)17-8-14(21)16-6-5-15-13(4)20/h7,9,11-12,17H,5-6,8H2,1-4H3,(H,15,20)(H,16,21). The molecule has 1 aromatic rings. The molecule has 1 aromatic heterocycles. The highest BCUT2D eigenvalue weighted by Crippen LogP contribution is 2.10. The highest BCUT2D eigenvalue weighted by molar-refractivity contribution is 5.78. The van der Waals surface area contributed by atoms with Crippen molar-refractivity contribution in [3.8, 4) is 0 Å². The van der Waals surface area contributed by atoms with Crippen LogP contribution in [0.25, 0.3) is 0 Å². The number of rotatable bonds is 8. The van der Waals surface area contributed by atoms with E-state index in [9.17, 15) is 9.59 Å². The molecule has 3 N–H and O–H groups in total. The molecule has 7 nitrogen and oxygen atoms in total. The van der Waals surface area contributed by atoms with Crippen molar-refractivity contribution in [3.05, 3.63) is 18.0 Å². The molecule has 2 unspecified atom stereocenters. The van der Waals surface area contributed by atoms with Crippen LogP contribution in [0.1, 0.15) is 32.4 Å². The van der Waals surface area contributed by atoms with Gasteiger partial charge in [-0.3, -0.25) is 14.3 Å². The second-order valence-corrected chi connectivity index (χ2v) is 5.24. The molecule has 0 radical (unpaired) electrons. The Bertz CT molecular complexity index is 472. The van der Waals surface area contributed by atoms with Gasteiger partial charge in [0.25, 0.3) is 0 Å². The van der Waals surface area contributed by atoms with Crippen LogP contribution in [0.4, 0.5) is 0 Å². The molecule has 0 fully saturated rings. The summed E-state index contributed by atoms with van der Waals surface area (Å²) < 4.78 is 1.89. The van der Waals surface area contributed by atoms with Gasteiger partial charge in [-0.25, -0.2) is 0 Å². The SMILES string of the molecule is CC(=O)NCCNC(=O)CNC(C)C(C)n1cc(C)cn1. The fraction of sp³-hybridized carbons (Fsp3) is 0.643. The van der Waals surface area contributed by atoms with Crippen LogP contribution in [0.5, 0.6) is 0 Å². The number of amides is 2. The summed E-state index contributed by atoms with van der Waals surface area (Å²) in [7, 11) is 0. The van der Waals surface area contributed by atoms with Gasteiger partial charge >= 0.3 is 0 Å². The second-order valence-electron chi connectivity index (χ2n) is 5.24. The number of aromatic nitrogens is 2. The van der Waals surface area contributed by atoms with Crippen molar-refractivity contribution in [3.63, 3.8) is 0 Å². The summed E-state index contributed by atoms with van der Waals surface area (Å²) in [6.07, 6.45) is 3.80. The van der Waals surface area contributed by atoms with E-state index in [2.05, 4.69) is 28.0 Å². The molecule has 118 valence electrons. The van der Waals surface area contributed by atoms with Gasteiger partial charge in [-0.15, -0.1) is 0 Å². The molecule has 0 aliphatic rings. The zero-order chi connectivity index (χ0) is 15.8. The monoisotopic (exact) mass is 295 g/mol. The van der Waals surface area contributed by atoms with Crippen LogP contribution in [0.3, 0.4) is 0 Å². The molecule has 0 saturated heterocycles. The van der Waals surface area contributed by atoms with E-state index in [0.717, 1.165) is 5.56 Å². The van der Waals surface area contributed by atoms with Gasteiger partial charge in [0.05, 0.1) is 18.8 Å². The van der Waals surface area contributed by atoms with Crippen molar-refractivity contribution in [1.29, 1.82) is 0 Å². The van der Waals surface area contributed by atoms with Crippen LogP contribution >= 0.6 is 0 Å². The molecule has 2 amide bonds. The van der Waals surface area contributed by atoms with Crippen LogP contribution in [-0.2, 0) is 9.59 Å². The number of aryl methyl sites for hydroxylation is 1. The summed E-state index contributed by atoms with van der Waals surface area (Å²) in [4.78, 5) is 22.3. The summed E-state index contributed by atoms with van der Waals surface area (Å²) in [6.45, 7) is 8.64. The summed E-state index contributed by atoms with van der Waals surface area (Å²) >= 11 is 0. The van der Waals surface area contributed by atoms with Crippen molar-refractivity contribution < 1.29 is 9.59 Å². The average molecular weight is 295 g/mol. The second kappa shape index (κ2) is 8.41. The Hall–Kier alpha value is -1.89. The van der Waals surface area contributed by atoms with E-state index in [-0.39, 0.29) is 30.4 Å². The predicted molar refractivity (Wildman–Crippen MR) is 80.8 cm³/mol. The van der Waals surface area contributed by atoms with Gasteiger partial charge in [0.1, 0.15) is 0 Å². The average Bonchev–Trinajstić information content (AvgIpc) is 2.86. The Morgan fingerprint density at radius 1 is 1.29 bits per heavy atom. The summed E-state index contributed by atoms with van der Waals surface area (Å²) in [6, 6.07) is 0.274. The third-order valence-electron chi connectivity index (χ3n) is 3.28. The lowest BCUT2D eigenvalue weighted by Gasteiger charge is -2.21. The first-order valence-electron chi connectivity index (χ1n) is 7.15. The molecule has 0 aliphatic heterocycles. The highest BCUT2D eigenvalue weighted by Gasteiger charge is 2.15. The van der Waals surface area contributed by atoms with E-state index in [1.807, 2.05) is 30.9 Å². The maximum atomic E-state index is 11.6. The first-order chi connectivity index (χ1) is 9.90. The van der Waals surface area contributed by atoms with Gasteiger partial charge in [0.2, 0.25) is 11.8 Å². The quantitative estimate of drug-likeness (QED) is 0.588. The Morgan fingerprint density at radius 3 is 2.52 bits per heavy atom. The maximum absolute atomic E-state index is 11.6. The van der Waals surface area contributed by atoms with E-state index in [0.29, 0.717) is 13.1 Å².